The number of hydrogen-bond acceptors (Lipinski definition) is 6. The summed E-state index contributed by atoms with van der Waals surface area (Å²) in [6.45, 7) is 10.6. The predicted octanol–water partition coefficient (Wildman–Crippen LogP) is 5.67. The maximum Gasteiger partial charge on any atom is 0.410 e. The number of amides is 1. The third-order valence-corrected chi connectivity index (χ3v) is 5.42. The third kappa shape index (κ3) is 6.28. The van der Waals surface area contributed by atoms with Crippen molar-refractivity contribution in [2.45, 2.75) is 45.1 Å². The molecule has 1 aliphatic rings. The highest BCUT2D eigenvalue weighted by Gasteiger charge is 2.28. The highest BCUT2D eigenvalue weighted by atomic mass is 16.6. The number of carbonyl (C=O) groups is 2. The Morgan fingerprint density at radius 2 is 1.88 bits per heavy atom. The minimum Gasteiger partial charge on any atom is -0.465 e. The quantitative estimate of drug-likeness (QED) is 0.435. The molecular weight excluding hydrogens is 418 g/mol. The van der Waals surface area contributed by atoms with Crippen molar-refractivity contribution in [2.24, 2.45) is 9.98 Å². The summed E-state index contributed by atoms with van der Waals surface area (Å²) in [4.78, 5) is 34.7. The standard InChI is InChI=1S/C26H31N3O4/c1-26(2,3)33-25(31)29-15-7-9-20(17-29)18-11-13-21(14-12-18)28-16-19-8-6-10-22(23(19)27-4)24(30)32-5/h6,8,10-14,16,20H,4,7,9,15,17H2,1-3,5H3/t20-/m1/s1. The molecule has 174 valence electrons. The number of para-hydroxylation sites is 1. The molecule has 0 spiro atoms. The van der Waals surface area contributed by atoms with Crippen molar-refractivity contribution in [1.29, 1.82) is 0 Å². The molecule has 33 heavy (non-hydrogen) atoms. The van der Waals surface area contributed by atoms with Crippen LogP contribution in [0.15, 0.2) is 52.4 Å². The number of methoxy groups -OCH3 is 1. The lowest BCUT2D eigenvalue weighted by Crippen LogP contribution is -2.42. The van der Waals surface area contributed by atoms with E-state index >= 15 is 0 Å². The average molecular weight is 450 g/mol. The van der Waals surface area contributed by atoms with E-state index in [9.17, 15) is 9.59 Å². The van der Waals surface area contributed by atoms with Crippen LogP contribution in [0.5, 0.6) is 0 Å². The van der Waals surface area contributed by atoms with Gasteiger partial charge in [-0.25, -0.2) is 9.59 Å². The molecule has 7 heteroatoms. The molecule has 0 saturated carbocycles. The smallest absolute Gasteiger partial charge is 0.410 e. The fraction of sp³-hybridized carbons (Fsp3) is 0.385. The molecule has 2 aromatic carbocycles. The van der Waals surface area contributed by atoms with Gasteiger partial charge in [0.25, 0.3) is 0 Å². The minimum absolute atomic E-state index is 0.255. The lowest BCUT2D eigenvalue weighted by Gasteiger charge is -2.34. The Morgan fingerprint density at radius 3 is 2.52 bits per heavy atom. The number of aliphatic imine (C=N–C) groups is 2. The normalized spacial score (nSPS) is 16.5. The van der Waals surface area contributed by atoms with Crippen LogP contribution in [0.2, 0.25) is 0 Å². The van der Waals surface area contributed by atoms with Crippen LogP contribution in [0, 0.1) is 0 Å². The van der Waals surface area contributed by atoms with Crippen LogP contribution in [0.25, 0.3) is 0 Å². The van der Waals surface area contributed by atoms with Gasteiger partial charge in [-0.15, -0.1) is 0 Å². The maximum atomic E-state index is 12.4. The second-order valence-electron chi connectivity index (χ2n) is 9.01. The number of likely N-dealkylation sites (tertiary alicyclic amines) is 1. The van der Waals surface area contributed by atoms with E-state index in [-0.39, 0.29) is 12.0 Å². The zero-order chi connectivity index (χ0) is 24.0. The van der Waals surface area contributed by atoms with Crippen molar-refractivity contribution >= 4 is 36.4 Å². The van der Waals surface area contributed by atoms with Crippen molar-refractivity contribution < 1.29 is 19.1 Å². The molecular formula is C26H31N3O4. The fourth-order valence-corrected chi connectivity index (χ4v) is 3.83. The topological polar surface area (TPSA) is 80.6 Å². The van der Waals surface area contributed by atoms with Gasteiger partial charge in [-0.3, -0.25) is 9.98 Å². The van der Waals surface area contributed by atoms with Gasteiger partial charge < -0.3 is 14.4 Å². The fourth-order valence-electron chi connectivity index (χ4n) is 3.83. The third-order valence-electron chi connectivity index (χ3n) is 5.42. The second-order valence-corrected chi connectivity index (χ2v) is 9.01. The summed E-state index contributed by atoms with van der Waals surface area (Å²) in [6.07, 6.45) is 3.37. The van der Waals surface area contributed by atoms with Crippen LogP contribution >= 0.6 is 0 Å². The summed E-state index contributed by atoms with van der Waals surface area (Å²) >= 11 is 0. The van der Waals surface area contributed by atoms with E-state index in [1.807, 2.05) is 51.1 Å². The van der Waals surface area contributed by atoms with E-state index in [1.54, 1.807) is 23.2 Å². The van der Waals surface area contributed by atoms with Crippen molar-refractivity contribution in [3.8, 4) is 0 Å². The summed E-state index contributed by atoms with van der Waals surface area (Å²) < 4.78 is 10.3. The molecule has 3 rings (SSSR count). The Balaban J connectivity index is 1.71. The average Bonchev–Trinajstić information content (AvgIpc) is 2.81. The Bertz CT molecular complexity index is 1040. The molecule has 0 aromatic heterocycles. The van der Waals surface area contributed by atoms with Crippen molar-refractivity contribution in [3.63, 3.8) is 0 Å². The first-order valence-corrected chi connectivity index (χ1v) is 11.0. The van der Waals surface area contributed by atoms with Gasteiger partial charge in [0.2, 0.25) is 0 Å². The maximum absolute atomic E-state index is 12.4. The predicted molar refractivity (Wildman–Crippen MR) is 130 cm³/mol. The van der Waals surface area contributed by atoms with Crippen LogP contribution in [-0.4, -0.2) is 55.7 Å². The number of piperidine rings is 1. The van der Waals surface area contributed by atoms with Crippen LogP contribution in [0.1, 0.15) is 61.0 Å². The number of hydrogen-bond donors (Lipinski definition) is 0. The van der Waals surface area contributed by atoms with Gasteiger partial charge in [-0.05, 0) is 64.1 Å². The molecule has 1 saturated heterocycles. The Hall–Kier alpha value is -3.48. The minimum atomic E-state index is -0.499. The van der Waals surface area contributed by atoms with Gasteiger partial charge in [0.05, 0.1) is 24.0 Å². The van der Waals surface area contributed by atoms with Crippen LogP contribution in [-0.2, 0) is 9.47 Å². The first kappa shape index (κ1) is 24.2. The monoisotopic (exact) mass is 449 g/mol. The van der Waals surface area contributed by atoms with Crippen molar-refractivity contribution in [3.05, 3.63) is 59.2 Å². The molecule has 0 unspecified atom stereocenters. The Labute approximate surface area is 195 Å². The number of rotatable bonds is 5. The molecule has 0 N–H and O–H groups in total. The second kappa shape index (κ2) is 10.4. The highest BCUT2D eigenvalue weighted by molar-refractivity contribution is 6.01. The molecule has 1 amide bonds. The van der Waals surface area contributed by atoms with Gasteiger partial charge in [-0.2, -0.15) is 0 Å². The van der Waals surface area contributed by atoms with Crippen LogP contribution in [0.3, 0.4) is 0 Å². The summed E-state index contributed by atoms with van der Waals surface area (Å²) in [5.41, 5.74) is 2.91. The molecule has 0 bridgehead atoms. The highest BCUT2D eigenvalue weighted by Crippen LogP contribution is 2.30. The number of nitrogens with zero attached hydrogens (tertiary/aromatic N) is 3. The number of ether oxygens (including phenoxy) is 2. The van der Waals surface area contributed by atoms with Gasteiger partial charge in [0, 0.05) is 30.8 Å². The molecule has 0 aliphatic carbocycles. The van der Waals surface area contributed by atoms with Crippen molar-refractivity contribution in [1.82, 2.24) is 4.90 Å². The number of benzene rings is 2. The zero-order valence-corrected chi connectivity index (χ0v) is 19.7. The number of esters is 1. The van der Waals surface area contributed by atoms with Gasteiger partial charge >= 0.3 is 12.1 Å². The molecule has 2 aromatic rings. The molecule has 1 heterocycles. The lowest BCUT2D eigenvalue weighted by atomic mass is 9.91. The van der Waals surface area contributed by atoms with E-state index in [1.165, 1.54) is 12.7 Å². The van der Waals surface area contributed by atoms with E-state index in [2.05, 4.69) is 16.7 Å². The van der Waals surface area contributed by atoms with E-state index in [4.69, 9.17) is 9.47 Å². The molecule has 7 nitrogen and oxygen atoms in total. The summed E-state index contributed by atoms with van der Waals surface area (Å²) in [7, 11) is 1.33. The van der Waals surface area contributed by atoms with E-state index in [0.717, 1.165) is 25.1 Å². The van der Waals surface area contributed by atoms with Gasteiger partial charge in [0.15, 0.2) is 0 Å². The lowest BCUT2D eigenvalue weighted by molar-refractivity contribution is 0.0198. The van der Waals surface area contributed by atoms with E-state index < -0.39 is 11.6 Å². The summed E-state index contributed by atoms with van der Waals surface area (Å²) in [5.74, 6) is -0.206. The summed E-state index contributed by atoms with van der Waals surface area (Å²) in [6, 6.07) is 13.2. The molecule has 1 aliphatic heterocycles. The van der Waals surface area contributed by atoms with Gasteiger partial charge in [-0.1, -0.05) is 24.3 Å². The first-order chi connectivity index (χ1) is 15.7. The molecule has 1 fully saturated rings. The van der Waals surface area contributed by atoms with E-state index in [0.29, 0.717) is 23.4 Å². The van der Waals surface area contributed by atoms with Crippen molar-refractivity contribution in [2.75, 3.05) is 20.2 Å². The van der Waals surface area contributed by atoms with Crippen LogP contribution in [0.4, 0.5) is 16.2 Å². The van der Waals surface area contributed by atoms with Gasteiger partial charge in [0.1, 0.15) is 5.60 Å². The molecule has 1 atom stereocenters. The largest absolute Gasteiger partial charge is 0.465 e. The Kier molecular flexibility index (Phi) is 7.63. The zero-order valence-electron chi connectivity index (χ0n) is 19.7. The first-order valence-electron chi connectivity index (χ1n) is 11.0. The SMILES string of the molecule is C=Nc1c(C=Nc2ccc([C@@H]3CCCN(C(=O)OC(C)(C)C)C3)cc2)cccc1C(=O)OC. The molecule has 0 radical (unpaired) electrons. The Morgan fingerprint density at radius 1 is 1.15 bits per heavy atom. The van der Waals surface area contributed by atoms with Crippen LogP contribution < -0.4 is 0 Å². The number of carbonyl (C=O) groups excluding carboxylic acids is 2. The summed E-state index contributed by atoms with van der Waals surface area (Å²) in [5, 5.41) is 0.